The predicted molar refractivity (Wildman–Crippen MR) is 114 cm³/mol. The molecule has 0 saturated carbocycles. The van der Waals surface area contributed by atoms with Crippen LogP contribution >= 0.6 is 27.7 Å². The number of nitrogens with zero attached hydrogens (tertiary/aromatic N) is 1. The summed E-state index contributed by atoms with van der Waals surface area (Å²) < 4.78 is 11.7. The van der Waals surface area contributed by atoms with Crippen LogP contribution in [-0.4, -0.2) is 36.8 Å². The number of amides is 1. The van der Waals surface area contributed by atoms with E-state index in [1.54, 1.807) is 26.0 Å². The minimum atomic E-state index is -0.0567. The Hall–Kier alpha value is -1.66. The lowest BCUT2D eigenvalue weighted by atomic mass is 10.1. The second-order valence-corrected chi connectivity index (χ2v) is 8.86. The molecule has 1 fully saturated rings. The molecule has 0 aromatic heterocycles. The highest BCUT2D eigenvalue weighted by Gasteiger charge is 2.38. The number of methoxy groups -OCH3 is 2. The van der Waals surface area contributed by atoms with E-state index in [-0.39, 0.29) is 16.5 Å². The molecule has 0 aliphatic carbocycles. The van der Waals surface area contributed by atoms with Crippen molar-refractivity contribution >= 4 is 33.6 Å². The first-order valence-electron chi connectivity index (χ1n) is 8.88. The van der Waals surface area contributed by atoms with E-state index in [2.05, 4.69) is 41.1 Å². The molecule has 4 nitrogen and oxygen atoms in total. The lowest BCUT2D eigenvalue weighted by Gasteiger charge is -2.25. The molecule has 6 heteroatoms. The molecule has 0 unspecified atom stereocenters. The van der Waals surface area contributed by atoms with Gasteiger partial charge in [0.05, 0.1) is 23.9 Å². The van der Waals surface area contributed by atoms with Crippen molar-refractivity contribution in [2.24, 2.45) is 0 Å². The molecule has 0 N–H and O–H groups in total. The number of carbonyl (C=O) groups excluding carboxylic acids is 1. The summed E-state index contributed by atoms with van der Waals surface area (Å²) in [5, 5.41) is -0.0913. The van der Waals surface area contributed by atoms with Gasteiger partial charge in [0.25, 0.3) is 0 Å². The Kier molecular flexibility index (Phi) is 6.37. The predicted octanol–water partition coefficient (Wildman–Crippen LogP) is 4.98. The van der Waals surface area contributed by atoms with Crippen LogP contribution in [0.5, 0.6) is 11.5 Å². The molecule has 1 aliphatic rings. The van der Waals surface area contributed by atoms with Crippen molar-refractivity contribution in [2.75, 3.05) is 20.8 Å². The smallest absolute Gasteiger partial charge is 0.236 e. The lowest BCUT2D eigenvalue weighted by molar-refractivity contribution is -0.129. The number of rotatable bonds is 6. The highest BCUT2D eigenvalue weighted by Crippen LogP contribution is 2.46. The maximum absolute atomic E-state index is 12.8. The largest absolute Gasteiger partial charge is 0.493 e. The van der Waals surface area contributed by atoms with Gasteiger partial charge in [-0.05, 0) is 65.0 Å². The summed E-state index contributed by atoms with van der Waals surface area (Å²) in [6.45, 7) is 4.78. The zero-order valence-electron chi connectivity index (χ0n) is 16.0. The van der Waals surface area contributed by atoms with E-state index >= 15 is 0 Å². The number of ether oxygens (including phenoxy) is 2. The van der Waals surface area contributed by atoms with Gasteiger partial charge in [0.1, 0.15) is 5.37 Å². The number of hydrogen-bond acceptors (Lipinski definition) is 4. The number of benzene rings is 2. The number of carbonyl (C=O) groups is 1. The van der Waals surface area contributed by atoms with Crippen LogP contribution in [0.3, 0.4) is 0 Å². The van der Waals surface area contributed by atoms with E-state index in [4.69, 9.17) is 9.47 Å². The highest BCUT2D eigenvalue weighted by atomic mass is 79.9. The molecule has 144 valence electrons. The third-order valence-corrected chi connectivity index (χ3v) is 6.85. The van der Waals surface area contributed by atoms with Crippen molar-refractivity contribution in [1.82, 2.24) is 4.90 Å². The van der Waals surface area contributed by atoms with E-state index in [0.29, 0.717) is 18.0 Å². The van der Waals surface area contributed by atoms with Gasteiger partial charge in [-0.25, -0.2) is 0 Å². The fourth-order valence-electron chi connectivity index (χ4n) is 3.37. The molecule has 2 aromatic carbocycles. The number of aryl methyl sites for hydroxylation is 1. The monoisotopic (exact) mass is 449 g/mol. The summed E-state index contributed by atoms with van der Waals surface area (Å²) in [4.78, 5) is 14.8. The second-order valence-electron chi connectivity index (χ2n) is 6.58. The summed E-state index contributed by atoms with van der Waals surface area (Å²) in [7, 11) is 3.24. The fourth-order valence-corrected chi connectivity index (χ4v) is 5.28. The highest BCUT2D eigenvalue weighted by molar-refractivity contribution is 9.10. The molecule has 1 amide bonds. The Morgan fingerprint density at radius 2 is 1.93 bits per heavy atom. The quantitative estimate of drug-likeness (QED) is 0.623. The molecule has 2 aromatic rings. The van der Waals surface area contributed by atoms with Gasteiger partial charge in [-0.1, -0.05) is 24.3 Å². The van der Waals surface area contributed by atoms with E-state index in [1.807, 2.05) is 30.0 Å². The van der Waals surface area contributed by atoms with Gasteiger partial charge in [0.15, 0.2) is 11.5 Å². The van der Waals surface area contributed by atoms with Crippen LogP contribution in [0.15, 0.2) is 40.9 Å². The maximum Gasteiger partial charge on any atom is 0.236 e. The van der Waals surface area contributed by atoms with Gasteiger partial charge >= 0.3 is 0 Å². The Balaban J connectivity index is 1.88. The van der Waals surface area contributed by atoms with Crippen molar-refractivity contribution in [3.05, 3.63) is 57.6 Å². The second kappa shape index (κ2) is 8.57. The van der Waals surface area contributed by atoms with Crippen molar-refractivity contribution in [1.29, 1.82) is 0 Å². The summed E-state index contributed by atoms with van der Waals surface area (Å²) in [5.41, 5.74) is 3.57. The van der Waals surface area contributed by atoms with Crippen LogP contribution in [0, 0.1) is 6.92 Å². The number of hydrogen-bond donors (Lipinski definition) is 0. The first kappa shape index (κ1) is 20.1. The first-order chi connectivity index (χ1) is 13.0. The SMILES string of the molecule is COc1cc([C@H]2S[C@@H](C)C(=O)N2CCc2ccccc2C)cc(Br)c1OC. The van der Waals surface area contributed by atoms with Gasteiger partial charge in [0.2, 0.25) is 5.91 Å². The molecule has 2 atom stereocenters. The Morgan fingerprint density at radius 3 is 2.59 bits per heavy atom. The molecular weight excluding hydrogens is 426 g/mol. The van der Waals surface area contributed by atoms with Crippen LogP contribution < -0.4 is 9.47 Å². The molecule has 0 bridgehead atoms. The van der Waals surface area contributed by atoms with Crippen molar-refractivity contribution in [2.45, 2.75) is 30.9 Å². The van der Waals surface area contributed by atoms with Crippen LogP contribution in [-0.2, 0) is 11.2 Å². The van der Waals surface area contributed by atoms with Crippen LogP contribution in [0.1, 0.15) is 29.0 Å². The Labute approximate surface area is 173 Å². The van der Waals surface area contributed by atoms with Crippen molar-refractivity contribution in [3.63, 3.8) is 0 Å². The first-order valence-corrected chi connectivity index (χ1v) is 10.6. The number of halogens is 1. The van der Waals surface area contributed by atoms with E-state index in [0.717, 1.165) is 16.5 Å². The molecule has 3 rings (SSSR count). The Morgan fingerprint density at radius 1 is 1.19 bits per heavy atom. The van der Waals surface area contributed by atoms with Crippen LogP contribution in [0.2, 0.25) is 0 Å². The zero-order valence-corrected chi connectivity index (χ0v) is 18.4. The van der Waals surface area contributed by atoms with Gasteiger partial charge in [-0.3, -0.25) is 4.79 Å². The third kappa shape index (κ3) is 4.11. The fraction of sp³-hybridized carbons (Fsp3) is 0.381. The lowest BCUT2D eigenvalue weighted by Crippen LogP contribution is -2.32. The topological polar surface area (TPSA) is 38.8 Å². The molecule has 0 spiro atoms. The minimum absolute atomic E-state index is 0.0346. The van der Waals surface area contributed by atoms with E-state index < -0.39 is 0 Å². The van der Waals surface area contributed by atoms with Gasteiger partial charge in [-0.2, -0.15) is 0 Å². The average molecular weight is 450 g/mol. The molecular formula is C21H24BrNO3S. The van der Waals surface area contributed by atoms with Crippen molar-refractivity contribution in [3.8, 4) is 11.5 Å². The summed E-state index contributed by atoms with van der Waals surface area (Å²) in [6.07, 6.45) is 0.844. The maximum atomic E-state index is 12.8. The summed E-state index contributed by atoms with van der Waals surface area (Å²) >= 11 is 5.24. The Bertz CT molecular complexity index is 842. The van der Waals surface area contributed by atoms with Crippen LogP contribution in [0.4, 0.5) is 0 Å². The summed E-state index contributed by atoms with van der Waals surface area (Å²) in [5.74, 6) is 1.51. The normalized spacial score (nSPS) is 19.4. The minimum Gasteiger partial charge on any atom is -0.493 e. The standard InChI is InChI=1S/C21H24BrNO3S/c1-13-7-5-6-8-15(13)9-10-23-20(24)14(2)27-21(23)16-11-17(22)19(26-4)18(12-16)25-3/h5-8,11-12,14,21H,9-10H2,1-4H3/t14-,21+/m0/s1. The molecule has 1 aliphatic heterocycles. The van der Waals surface area contributed by atoms with Crippen molar-refractivity contribution < 1.29 is 14.3 Å². The van der Waals surface area contributed by atoms with Gasteiger partial charge < -0.3 is 14.4 Å². The van der Waals surface area contributed by atoms with E-state index in [9.17, 15) is 4.79 Å². The molecule has 0 radical (unpaired) electrons. The van der Waals surface area contributed by atoms with Crippen LogP contribution in [0.25, 0.3) is 0 Å². The zero-order chi connectivity index (χ0) is 19.6. The van der Waals surface area contributed by atoms with Gasteiger partial charge in [-0.15, -0.1) is 11.8 Å². The third-order valence-electron chi connectivity index (χ3n) is 4.87. The molecule has 27 heavy (non-hydrogen) atoms. The molecule has 1 saturated heterocycles. The van der Waals surface area contributed by atoms with E-state index in [1.165, 1.54) is 11.1 Å². The average Bonchev–Trinajstić information content (AvgIpc) is 2.94. The van der Waals surface area contributed by atoms with Gasteiger partial charge in [0, 0.05) is 6.54 Å². The summed E-state index contributed by atoms with van der Waals surface area (Å²) in [6, 6.07) is 12.3. The molecule has 1 heterocycles. The number of thioether (sulfide) groups is 1.